The van der Waals surface area contributed by atoms with E-state index >= 15 is 0 Å². The summed E-state index contributed by atoms with van der Waals surface area (Å²) >= 11 is 5.01. The van der Waals surface area contributed by atoms with Crippen molar-refractivity contribution in [2.24, 2.45) is 0 Å². The Morgan fingerprint density at radius 2 is 2.06 bits per heavy atom. The lowest BCUT2D eigenvalue weighted by molar-refractivity contribution is 0.0957. The summed E-state index contributed by atoms with van der Waals surface area (Å²) in [6.45, 7) is 2.90. The van der Waals surface area contributed by atoms with Crippen LogP contribution in [0.1, 0.15) is 47.2 Å². The zero-order valence-corrected chi connectivity index (χ0v) is 12.7. The minimum absolute atomic E-state index is 0.0789. The molecule has 0 aliphatic carbocycles. The fourth-order valence-corrected chi connectivity index (χ4v) is 2.81. The van der Waals surface area contributed by atoms with Crippen LogP contribution in [0.5, 0.6) is 0 Å². The normalized spacial score (nSPS) is 10.5. The van der Waals surface area contributed by atoms with E-state index in [9.17, 15) is 4.79 Å². The first-order valence-electron chi connectivity index (χ1n) is 6.20. The largest absolute Gasteiger partial charge is 0.351 e. The number of nitrogens with one attached hydrogen (secondary N) is 1. The van der Waals surface area contributed by atoms with Gasteiger partial charge >= 0.3 is 0 Å². The fourth-order valence-electron chi connectivity index (χ4n) is 1.55. The first kappa shape index (κ1) is 14.7. The summed E-state index contributed by atoms with van der Waals surface area (Å²) in [4.78, 5) is 13.9. The maximum atomic E-state index is 11.8. The molecule has 0 unspecified atom stereocenters. The van der Waals surface area contributed by atoms with Crippen LogP contribution in [0.25, 0.3) is 0 Å². The monoisotopic (exact) mass is 317 g/mol. The van der Waals surface area contributed by atoms with Crippen molar-refractivity contribution in [2.45, 2.75) is 39.0 Å². The predicted molar refractivity (Wildman–Crippen MR) is 78.3 cm³/mol. The standard InChI is InChI=1S/C13H20BrNOS/c1-2-11-7-8-12(17-11)13(16)15-10-6-4-3-5-9-14/h7-8H,2-6,9-10H2,1H3,(H,15,16). The van der Waals surface area contributed by atoms with Crippen molar-refractivity contribution in [3.05, 3.63) is 21.9 Å². The van der Waals surface area contributed by atoms with Gasteiger partial charge in [-0.15, -0.1) is 11.3 Å². The summed E-state index contributed by atoms with van der Waals surface area (Å²) in [5.41, 5.74) is 0. The van der Waals surface area contributed by atoms with Gasteiger partial charge in [-0.1, -0.05) is 35.7 Å². The van der Waals surface area contributed by atoms with Crippen molar-refractivity contribution in [3.8, 4) is 0 Å². The van der Waals surface area contributed by atoms with Gasteiger partial charge in [-0.05, 0) is 31.4 Å². The number of thiophene rings is 1. The van der Waals surface area contributed by atoms with Crippen LogP contribution in [-0.2, 0) is 6.42 Å². The molecule has 1 heterocycles. The molecule has 0 saturated carbocycles. The van der Waals surface area contributed by atoms with Crippen molar-refractivity contribution < 1.29 is 4.79 Å². The molecule has 17 heavy (non-hydrogen) atoms. The van der Waals surface area contributed by atoms with Crippen molar-refractivity contribution in [1.82, 2.24) is 5.32 Å². The molecule has 0 aromatic carbocycles. The maximum Gasteiger partial charge on any atom is 0.261 e. The van der Waals surface area contributed by atoms with E-state index in [4.69, 9.17) is 0 Å². The molecule has 1 amide bonds. The van der Waals surface area contributed by atoms with Crippen LogP contribution in [0.2, 0.25) is 0 Å². The van der Waals surface area contributed by atoms with Crippen LogP contribution < -0.4 is 5.32 Å². The highest BCUT2D eigenvalue weighted by molar-refractivity contribution is 9.09. The smallest absolute Gasteiger partial charge is 0.261 e. The van der Waals surface area contributed by atoms with Crippen molar-refractivity contribution in [1.29, 1.82) is 0 Å². The minimum atomic E-state index is 0.0789. The first-order chi connectivity index (χ1) is 8.27. The minimum Gasteiger partial charge on any atom is -0.351 e. The van der Waals surface area contributed by atoms with E-state index in [-0.39, 0.29) is 5.91 Å². The number of carbonyl (C=O) groups excluding carboxylic acids is 1. The first-order valence-corrected chi connectivity index (χ1v) is 8.14. The molecule has 2 nitrogen and oxygen atoms in total. The second kappa shape index (κ2) is 8.70. The second-order valence-electron chi connectivity index (χ2n) is 3.98. The number of amides is 1. The third-order valence-corrected chi connectivity index (χ3v) is 4.37. The number of carbonyl (C=O) groups is 1. The quantitative estimate of drug-likeness (QED) is 0.570. The highest BCUT2D eigenvalue weighted by atomic mass is 79.9. The lowest BCUT2D eigenvalue weighted by atomic mass is 10.2. The van der Waals surface area contributed by atoms with Crippen LogP contribution in [0.15, 0.2) is 12.1 Å². The molecule has 0 aliphatic rings. The van der Waals surface area contributed by atoms with Gasteiger partial charge in [0.15, 0.2) is 0 Å². The molecule has 0 fully saturated rings. The molecule has 1 aromatic heterocycles. The number of unbranched alkanes of at least 4 members (excludes halogenated alkanes) is 3. The number of halogens is 1. The number of aryl methyl sites for hydroxylation is 1. The molecule has 1 N–H and O–H groups in total. The van der Waals surface area contributed by atoms with E-state index in [0.717, 1.165) is 29.6 Å². The van der Waals surface area contributed by atoms with Crippen LogP contribution in [0.4, 0.5) is 0 Å². The third kappa shape index (κ3) is 5.68. The van der Waals surface area contributed by atoms with Crippen LogP contribution >= 0.6 is 27.3 Å². The molecular formula is C13H20BrNOS. The molecule has 0 aliphatic heterocycles. The highest BCUT2D eigenvalue weighted by Crippen LogP contribution is 2.16. The van der Waals surface area contributed by atoms with Gasteiger partial charge in [-0.3, -0.25) is 4.79 Å². The lowest BCUT2D eigenvalue weighted by Gasteiger charge is -2.03. The van der Waals surface area contributed by atoms with Gasteiger partial charge in [0.1, 0.15) is 0 Å². The zero-order valence-electron chi connectivity index (χ0n) is 10.3. The van der Waals surface area contributed by atoms with Gasteiger partial charge in [0.25, 0.3) is 5.91 Å². The van der Waals surface area contributed by atoms with E-state index < -0.39 is 0 Å². The van der Waals surface area contributed by atoms with E-state index in [2.05, 4.69) is 28.2 Å². The summed E-state index contributed by atoms with van der Waals surface area (Å²) in [6.07, 6.45) is 5.73. The Labute approximate surface area is 116 Å². The van der Waals surface area contributed by atoms with Crippen molar-refractivity contribution >= 4 is 33.2 Å². The molecule has 0 atom stereocenters. The van der Waals surface area contributed by atoms with E-state index in [1.54, 1.807) is 11.3 Å². The van der Waals surface area contributed by atoms with E-state index in [1.807, 2.05) is 12.1 Å². The SMILES string of the molecule is CCc1ccc(C(=O)NCCCCCCBr)s1. The Hall–Kier alpha value is -0.350. The Kier molecular flexibility index (Phi) is 7.53. The van der Waals surface area contributed by atoms with Gasteiger partial charge in [-0.2, -0.15) is 0 Å². The average molecular weight is 318 g/mol. The van der Waals surface area contributed by atoms with Gasteiger partial charge in [-0.25, -0.2) is 0 Å². The zero-order chi connectivity index (χ0) is 12.5. The van der Waals surface area contributed by atoms with Gasteiger partial charge in [0.2, 0.25) is 0 Å². The topological polar surface area (TPSA) is 29.1 Å². The molecule has 0 saturated heterocycles. The van der Waals surface area contributed by atoms with Crippen molar-refractivity contribution in [3.63, 3.8) is 0 Å². The van der Waals surface area contributed by atoms with Gasteiger partial charge < -0.3 is 5.32 Å². The molecule has 96 valence electrons. The molecule has 4 heteroatoms. The number of alkyl halides is 1. The summed E-state index contributed by atoms with van der Waals surface area (Å²) in [6, 6.07) is 3.96. The number of hydrogen-bond donors (Lipinski definition) is 1. The molecule has 0 radical (unpaired) electrons. The molecule has 0 spiro atoms. The Balaban J connectivity index is 2.16. The van der Waals surface area contributed by atoms with Crippen LogP contribution in [-0.4, -0.2) is 17.8 Å². The van der Waals surface area contributed by atoms with Gasteiger partial charge in [0.05, 0.1) is 4.88 Å². The number of hydrogen-bond acceptors (Lipinski definition) is 2. The molecule has 1 aromatic rings. The summed E-state index contributed by atoms with van der Waals surface area (Å²) in [7, 11) is 0. The molecule has 0 bridgehead atoms. The van der Waals surface area contributed by atoms with Crippen molar-refractivity contribution in [2.75, 3.05) is 11.9 Å². The summed E-state index contributed by atoms with van der Waals surface area (Å²) < 4.78 is 0. The maximum absolute atomic E-state index is 11.8. The average Bonchev–Trinajstić information content (AvgIpc) is 2.82. The predicted octanol–water partition coefficient (Wildman–Crippen LogP) is 4.00. The van der Waals surface area contributed by atoms with Gasteiger partial charge in [0, 0.05) is 16.8 Å². The Morgan fingerprint density at radius 3 is 2.71 bits per heavy atom. The Morgan fingerprint density at radius 1 is 1.29 bits per heavy atom. The summed E-state index contributed by atoms with van der Waals surface area (Å²) in [5, 5.41) is 4.05. The second-order valence-corrected chi connectivity index (χ2v) is 5.94. The van der Waals surface area contributed by atoms with Crippen LogP contribution in [0.3, 0.4) is 0 Å². The lowest BCUT2D eigenvalue weighted by Crippen LogP contribution is -2.23. The summed E-state index contributed by atoms with van der Waals surface area (Å²) in [5.74, 6) is 0.0789. The molecule has 1 rings (SSSR count). The molecular weight excluding hydrogens is 298 g/mol. The Bertz CT molecular complexity index is 338. The van der Waals surface area contributed by atoms with E-state index in [1.165, 1.54) is 24.1 Å². The van der Waals surface area contributed by atoms with Crippen LogP contribution in [0, 0.1) is 0 Å². The number of rotatable bonds is 8. The highest BCUT2D eigenvalue weighted by Gasteiger charge is 2.07. The fraction of sp³-hybridized carbons (Fsp3) is 0.615. The van der Waals surface area contributed by atoms with E-state index in [0.29, 0.717) is 0 Å². The third-order valence-electron chi connectivity index (χ3n) is 2.58.